The molecule has 0 aliphatic carbocycles. The van der Waals surface area contributed by atoms with Gasteiger partial charge in [0.05, 0.1) is 11.5 Å². The maximum atomic E-state index is 5.67. The highest BCUT2D eigenvalue weighted by Crippen LogP contribution is 2.12. The lowest BCUT2D eigenvalue weighted by Gasteiger charge is -2.08. The van der Waals surface area contributed by atoms with Crippen LogP contribution in [0.25, 0.3) is 0 Å². The summed E-state index contributed by atoms with van der Waals surface area (Å²) < 4.78 is 7.59. The number of aryl methyl sites for hydroxylation is 1. The predicted molar refractivity (Wildman–Crippen MR) is 79.4 cm³/mol. The fourth-order valence-electron chi connectivity index (χ4n) is 1.79. The van der Waals surface area contributed by atoms with E-state index in [9.17, 15) is 0 Å². The van der Waals surface area contributed by atoms with Gasteiger partial charge < -0.3 is 10.5 Å². The number of aromatic nitrogens is 2. The maximum Gasteiger partial charge on any atom is 0.119 e. The third-order valence-corrected chi connectivity index (χ3v) is 2.95. The molecule has 2 aromatic rings. The number of nitrogens with zero attached hydrogens (tertiary/aromatic N) is 2. The molecule has 0 saturated carbocycles. The van der Waals surface area contributed by atoms with Crippen molar-refractivity contribution in [2.75, 3.05) is 6.61 Å². The average Bonchev–Trinajstić information content (AvgIpc) is 2.77. The summed E-state index contributed by atoms with van der Waals surface area (Å²) in [6.45, 7) is 3.36. The van der Waals surface area contributed by atoms with Crippen LogP contribution in [0.2, 0.25) is 0 Å². The third kappa shape index (κ3) is 4.06. The third-order valence-electron chi connectivity index (χ3n) is 2.80. The van der Waals surface area contributed by atoms with E-state index in [1.807, 2.05) is 41.9 Å². The molecule has 0 radical (unpaired) electrons. The smallest absolute Gasteiger partial charge is 0.119 e. The Morgan fingerprint density at radius 1 is 1.32 bits per heavy atom. The minimum atomic E-state index is 0.503. The van der Waals surface area contributed by atoms with Crippen LogP contribution in [0.5, 0.6) is 5.75 Å². The first kappa shape index (κ1) is 13.5. The van der Waals surface area contributed by atoms with Crippen LogP contribution >= 0.6 is 12.2 Å². The largest absolute Gasteiger partial charge is 0.492 e. The van der Waals surface area contributed by atoms with Crippen LogP contribution in [0.1, 0.15) is 11.3 Å². The van der Waals surface area contributed by atoms with Gasteiger partial charge in [-0.1, -0.05) is 24.4 Å². The minimum Gasteiger partial charge on any atom is -0.492 e. The summed E-state index contributed by atoms with van der Waals surface area (Å²) in [7, 11) is 0. The van der Waals surface area contributed by atoms with E-state index in [-0.39, 0.29) is 0 Å². The van der Waals surface area contributed by atoms with Crippen molar-refractivity contribution in [3.8, 4) is 5.75 Å². The Morgan fingerprint density at radius 2 is 2.05 bits per heavy atom. The first-order chi connectivity index (χ1) is 9.15. The highest BCUT2D eigenvalue weighted by Gasteiger charge is 1.99. The fourth-order valence-corrected chi connectivity index (χ4v) is 1.95. The molecule has 1 aromatic carbocycles. The Morgan fingerprint density at radius 3 is 2.63 bits per heavy atom. The zero-order valence-corrected chi connectivity index (χ0v) is 11.7. The molecule has 1 heterocycles. The molecule has 0 spiro atoms. The van der Waals surface area contributed by atoms with Crippen LogP contribution in [0, 0.1) is 6.92 Å². The van der Waals surface area contributed by atoms with Crippen molar-refractivity contribution < 1.29 is 4.74 Å². The van der Waals surface area contributed by atoms with Gasteiger partial charge in [0.1, 0.15) is 12.4 Å². The van der Waals surface area contributed by atoms with Gasteiger partial charge >= 0.3 is 0 Å². The lowest BCUT2D eigenvalue weighted by molar-refractivity contribution is 0.290. The molecule has 0 amide bonds. The molecule has 0 unspecified atom stereocenters. The maximum absolute atomic E-state index is 5.67. The lowest BCUT2D eigenvalue weighted by Crippen LogP contribution is -2.11. The van der Waals surface area contributed by atoms with Gasteiger partial charge in [-0.25, -0.2) is 0 Å². The number of thiocarbonyl (C=S) groups is 1. The molecule has 1 aromatic heterocycles. The van der Waals surface area contributed by atoms with Gasteiger partial charge in [0.2, 0.25) is 0 Å². The van der Waals surface area contributed by atoms with Crippen LogP contribution in [-0.2, 0) is 13.0 Å². The van der Waals surface area contributed by atoms with Crippen LogP contribution in [0.3, 0.4) is 0 Å². The van der Waals surface area contributed by atoms with Gasteiger partial charge in [-0.3, -0.25) is 4.68 Å². The Balaban J connectivity index is 1.83. The molecule has 4 nitrogen and oxygen atoms in total. The summed E-state index contributed by atoms with van der Waals surface area (Å²) in [5, 5.41) is 4.20. The van der Waals surface area contributed by atoms with Crippen molar-refractivity contribution in [3.05, 3.63) is 47.8 Å². The fraction of sp³-hybridized carbons (Fsp3) is 0.286. The Bertz CT molecular complexity index is 548. The van der Waals surface area contributed by atoms with E-state index in [1.165, 1.54) is 0 Å². The van der Waals surface area contributed by atoms with E-state index in [4.69, 9.17) is 22.7 Å². The quantitative estimate of drug-likeness (QED) is 0.820. The molecule has 5 heteroatoms. The second-order valence-corrected chi connectivity index (χ2v) is 4.86. The number of hydrogen-bond donors (Lipinski definition) is 1. The summed E-state index contributed by atoms with van der Waals surface area (Å²) in [5.74, 6) is 0.844. The molecule has 2 rings (SSSR count). The second kappa shape index (κ2) is 6.33. The number of benzene rings is 1. The van der Waals surface area contributed by atoms with Crippen molar-refractivity contribution in [1.29, 1.82) is 0 Å². The van der Waals surface area contributed by atoms with E-state index in [1.54, 1.807) is 6.20 Å². The predicted octanol–water partition coefficient (Wildman–Crippen LogP) is 2.10. The minimum absolute atomic E-state index is 0.503. The molecule has 100 valence electrons. The van der Waals surface area contributed by atoms with Gasteiger partial charge in [-0.15, -0.1) is 0 Å². The lowest BCUT2D eigenvalue weighted by atomic mass is 10.1. The van der Waals surface area contributed by atoms with E-state index in [0.29, 0.717) is 18.0 Å². The second-order valence-electron chi connectivity index (χ2n) is 4.33. The molecule has 0 bridgehead atoms. The molecule has 0 atom stereocenters. The molecule has 0 saturated heterocycles. The number of ether oxygens (including phenoxy) is 1. The Hall–Kier alpha value is -1.88. The zero-order chi connectivity index (χ0) is 13.7. The van der Waals surface area contributed by atoms with Gasteiger partial charge in [0, 0.05) is 18.3 Å². The van der Waals surface area contributed by atoms with Crippen LogP contribution in [0.15, 0.2) is 36.5 Å². The molecule has 0 aliphatic rings. The monoisotopic (exact) mass is 275 g/mol. The summed E-state index contributed by atoms with van der Waals surface area (Å²) >= 11 is 4.88. The van der Waals surface area contributed by atoms with Crippen LogP contribution < -0.4 is 10.5 Å². The van der Waals surface area contributed by atoms with Crippen molar-refractivity contribution >= 4 is 17.2 Å². The van der Waals surface area contributed by atoms with E-state index < -0.39 is 0 Å². The average molecular weight is 275 g/mol. The first-order valence-corrected chi connectivity index (χ1v) is 6.54. The van der Waals surface area contributed by atoms with Crippen molar-refractivity contribution in [3.63, 3.8) is 0 Å². The molecular weight excluding hydrogens is 258 g/mol. The molecule has 0 aliphatic heterocycles. The van der Waals surface area contributed by atoms with Gasteiger partial charge in [-0.2, -0.15) is 5.10 Å². The van der Waals surface area contributed by atoms with Crippen molar-refractivity contribution in [1.82, 2.24) is 9.78 Å². The Labute approximate surface area is 118 Å². The SMILES string of the molecule is Cc1ccnn1CCOc1ccc(CC(N)=S)cc1. The van der Waals surface area contributed by atoms with Crippen molar-refractivity contribution in [2.24, 2.45) is 5.73 Å². The van der Waals surface area contributed by atoms with Crippen molar-refractivity contribution in [2.45, 2.75) is 19.9 Å². The van der Waals surface area contributed by atoms with Crippen LogP contribution in [-0.4, -0.2) is 21.4 Å². The topological polar surface area (TPSA) is 53.1 Å². The Kier molecular flexibility index (Phi) is 4.52. The summed E-state index contributed by atoms with van der Waals surface area (Å²) in [4.78, 5) is 0.503. The highest BCUT2D eigenvalue weighted by molar-refractivity contribution is 7.80. The number of nitrogens with two attached hydrogens (primary N) is 1. The highest BCUT2D eigenvalue weighted by atomic mass is 32.1. The zero-order valence-electron chi connectivity index (χ0n) is 10.9. The summed E-state index contributed by atoms with van der Waals surface area (Å²) in [6.07, 6.45) is 2.42. The van der Waals surface area contributed by atoms with Gasteiger partial charge in [-0.05, 0) is 30.7 Å². The van der Waals surface area contributed by atoms with Gasteiger partial charge in [0.15, 0.2) is 0 Å². The van der Waals surface area contributed by atoms with E-state index >= 15 is 0 Å². The van der Waals surface area contributed by atoms with Gasteiger partial charge in [0.25, 0.3) is 0 Å². The molecule has 19 heavy (non-hydrogen) atoms. The first-order valence-electron chi connectivity index (χ1n) is 6.13. The van der Waals surface area contributed by atoms with Crippen LogP contribution in [0.4, 0.5) is 0 Å². The molecule has 2 N–H and O–H groups in total. The summed E-state index contributed by atoms with van der Waals surface area (Å²) in [5.41, 5.74) is 7.74. The summed E-state index contributed by atoms with van der Waals surface area (Å²) in [6, 6.07) is 9.80. The van der Waals surface area contributed by atoms with E-state index in [2.05, 4.69) is 5.10 Å². The number of rotatable bonds is 6. The number of hydrogen-bond acceptors (Lipinski definition) is 3. The molecule has 0 fully saturated rings. The standard InChI is InChI=1S/C14H17N3OS/c1-11-6-7-16-17(11)8-9-18-13-4-2-12(3-5-13)10-14(15)19/h2-7H,8-10H2,1H3,(H2,15,19). The normalized spacial score (nSPS) is 10.4. The molecular formula is C14H17N3OS. The van der Waals surface area contributed by atoms with E-state index in [0.717, 1.165) is 23.6 Å².